The fourth-order valence-electron chi connectivity index (χ4n) is 1.98. The van der Waals surface area contributed by atoms with Crippen LogP contribution < -0.4 is 10.6 Å². The summed E-state index contributed by atoms with van der Waals surface area (Å²) >= 11 is 11.2. The minimum atomic E-state index is -0.177. The third-order valence-corrected chi connectivity index (χ3v) is 3.98. The Morgan fingerprint density at radius 3 is 2.57 bits per heavy atom. The number of hydrogen-bond donors (Lipinski definition) is 1. The third kappa shape index (κ3) is 3.23. The quantitative estimate of drug-likeness (QED) is 0.880. The summed E-state index contributed by atoms with van der Waals surface area (Å²) in [7, 11) is 1.69. The zero-order chi connectivity index (χ0) is 15.6. The second-order valence-electron chi connectivity index (χ2n) is 4.72. The summed E-state index contributed by atoms with van der Waals surface area (Å²) in [5.41, 5.74) is 8.39. The van der Waals surface area contributed by atoms with E-state index in [2.05, 4.69) is 0 Å². The Morgan fingerprint density at radius 2 is 1.90 bits per heavy atom. The molecule has 108 valence electrons. The summed E-state index contributed by atoms with van der Waals surface area (Å²) in [6.07, 6.45) is 0. The average Bonchev–Trinajstić information content (AvgIpc) is 2.48. The lowest BCUT2D eigenvalue weighted by molar-refractivity contribution is 0.0993. The minimum Gasteiger partial charge on any atom is -0.389 e. The Morgan fingerprint density at radius 1 is 1.24 bits per heavy atom. The number of benzene rings is 2. The lowest BCUT2D eigenvalue weighted by Crippen LogP contribution is -2.27. The van der Waals surface area contributed by atoms with Crippen molar-refractivity contribution >= 4 is 40.4 Å². The van der Waals surface area contributed by atoms with Gasteiger partial charge in [-0.25, -0.2) is 0 Å². The van der Waals surface area contributed by atoms with Crippen molar-refractivity contribution in [2.45, 2.75) is 6.92 Å². The fourth-order valence-corrected chi connectivity index (χ4v) is 2.31. The van der Waals surface area contributed by atoms with Crippen molar-refractivity contribution in [2.75, 3.05) is 11.9 Å². The van der Waals surface area contributed by atoms with Crippen LogP contribution in [-0.2, 0) is 0 Å². The van der Waals surface area contributed by atoms with E-state index in [9.17, 15) is 4.79 Å². The Balaban J connectivity index is 2.37. The predicted octanol–water partition coefficient (Wildman–Crippen LogP) is 3.56. The molecule has 0 aliphatic heterocycles. The number of halogens is 1. The summed E-state index contributed by atoms with van der Waals surface area (Å²) in [5.74, 6) is -0.177. The molecule has 5 heteroatoms. The van der Waals surface area contributed by atoms with Gasteiger partial charge in [-0.3, -0.25) is 4.79 Å². The van der Waals surface area contributed by atoms with E-state index in [4.69, 9.17) is 29.6 Å². The van der Waals surface area contributed by atoms with Crippen molar-refractivity contribution < 1.29 is 4.79 Å². The Hall–Kier alpha value is -1.91. The number of carbonyl (C=O) groups excluding carboxylic acids is 1. The van der Waals surface area contributed by atoms with Gasteiger partial charge in [0.15, 0.2) is 0 Å². The molecule has 0 aliphatic carbocycles. The summed E-state index contributed by atoms with van der Waals surface area (Å²) < 4.78 is 0. The lowest BCUT2D eigenvalue weighted by atomic mass is 10.1. The van der Waals surface area contributed by atoms with Gasteiger partial charge < -0.3 is 10.6 Å². The second kappa shape index (κ2) is 6.24. The predicted molar refractivity (Wildman–Crippen MR) is 91.3 cm³/mol. The zero-order valence-electron chi connectivity index (χ0n) is 11.8. The van der Waals surface area contributed by atoms with Gasteiger partial charge in [-0.05, 0) is 30.7 Å². The first-order valence-corrected chi connectivity index (χ1v) is 7.13. The van der Waals surface area contributed by atoms with Crippen molar-refractivity contribution in [1.29, 1.82) is 0 Å². The molecule has 0 aliphatic rings. The number of rotatable bonds is 3. The molecule has 0 heterocycles. The molecular weight excluding hydrogens is 304 g/mol. The van der Waals surface area contributed by atoms with Crippen molar-refractivity contribution in [2.24, 2.45) is 5.73 Å². The van der Waals surface area contributed by atoms with Crippen LogP contribution in [-0.4, -0.2) is 17.9 Å². The van der Waals surface area contributed by atoms with E-state index in [1.165, 1.54) is 4.90 Å². The number of nitrogens with zero attached hydrogens (tertiary/aromatic N) is 1. The average molecular weight is 319 g/mol. The molecule has 1 amide bonds. The van der Waals surface area contributed by atoms with Gasteiger partial charge in [-0.1, -0.05) is 48.1 Å². The molecule has 21 heavy (non-hydrogen) atoms. The normalized spacial score (nSPS) is 10.2. The highest BCUT2D eigenvalue weighted by molar-refractivity contribution is 7.80. The maximum atomic E-state index is 12.6. The van der Waals surface area contributed by atoms with Gasteiger partial charge in [0, 0.05) is 18.3 Å². The highest BCUT2D eigenvalue weighted by Gasteiger charge is 2.17. The SMILES string of the molecule is Cc1cccc(C(=O)N(C)c2cccc(C(N)=S)c2)c1Cl. The van der Waals surface area contributed by atoms with Gasteiger partial charge in [-0.15, -0.1) is 0 Å². The van der Waals surface area contributed by atoms with Crippen LogP contribution in [0, 0.1) is 6.92 Å². The van der Waals surface area contributed by atoms with Crippen LogP contribution >= 0.6 is 23.8 Å². The highest BCUT2D eigenvalue weighted by atomic mass is 35.5. The van der Waals surface area contributed by atoms with E-state index in [1.54, 1.807) is 19.2 Å². The number of hydrogen-bond acceptors (Lipinski definition) is 2. The minimum absolute atomic E-state index is 0.177. The highest BCUT2D eigenvalue weighted by Crippen LogP contribution is 2.24. The Kier molecular flexibility index (Phi) is 4.60. The molecule has 2 aromatic carbocycles. The van der Waals surface area contributed by atoms with E-state index < -0.39 is 0 Å². The molecule has 0 radical (unpaired) electrons. The zero-order valence-corrected chi connectivity index (χ0v) is 13.3. The van der Waals surface area contributed by atoms with Gasteiger partial charge in [0.1, 0.15) is 4.99 Å². The van der Waals surface area contributed by atoms with E-state index in [0.29, 0.717) is 21.3 Å². The van der Waals surface area contributed by atoms with Crippen molar-refractivity contribution in [1.82, 2.24) is 0 Å². The Bertz CT molecular complexity index is 715. The molecule has 2 rings (SSSR count). The molecule has 0 fully saturated rings. The molecule has 0 aromatic heterocycles. The van der Waals surface area contributed by atoms with Gasteiger partial charge in [-0.2, -0.15) is 0 Å². The summed E-state index contributed by atoms with van der Waals surface area (Å²) in [6.45, 7) is 1.87. The van der Waals surface area contributed by atoms with Crippen LogP contribution in [0.2, 0.25) is 5.02 Å². The molecular formula is C16H15ClN2OS. The van der Waals surface area contributed by atoms with E-state index >= 15 is 0 Å². The standard InChI is InChI=1S/C16H15ClN2OS/c1-10-5-3-8-13(14(10)17)16(20)19(2)12-7-4-6-11(9-12)15(18)21/h3-9H,1-2H3,(H2,18,21). The second-order valence-corrected chi connectivity index (χ2v) is 5.53. The molecule has 0 saturated heterocycles. The van der Waals surface area contributed by atoms with Crippen molar-refractivity contribution in [3.63, 3.8) is 0 Å². The number of aryl methyl sites for hydroxylation is 1. The van der Waals surface area contributed by atoms with Crippen molar-refractivity contribution in [3.05, 3.63) is 64.2 Å². The molecule has 2 N–H and O–H groups in total. The maximum Gasteiger partial charge on any atom is 0.259 e. The first kappa shape index (κ1) is 15.5. The molecule has 0 bridgehead atoms. The number of thiocarbonyl (C=S) groups is 1. The van der Waals surface area contributed by atoms with Gasteiger partial charge in [0.05, 0.1) is 10.6 Å². The number of nitrogens with two attached hydrogens (primary N) is 1. The molecule has 2 aromatic rings. The number of carbonyl (C=O) groups is 1. The summed E-state index contributed by atoms with van der Waals surface area (Å²) in [6, 6.07) is 12.6. The first-order valence-electron chi connectivity index (χ1n) is 6.35. The van der Waals surface area contributed by atoms with Gasteiger partial charge in [0.2, 0.25) is 0 Å². The first-order chi connectivity index (χ1) is 9.91. The molecule has 0 spiro atoms. The van der Waals surface area contributed by atoms with Crippen LogP contribution in [0.5, 0.6) is 0 Å². The summed E-state index contributed by atoms with van der Waals surface area (Å²) in [4.78, 5) is 14.4. The Labute approximate surface area is 134 Å². The number of amides is 1. The lowest BCUT2D eigenvalue weighted by Gasteiger charge is -2.19. The molecule has 0 saturated carbocycles. The van der Waals surface area contributed by atoms with Crippen molar-refractivity contribution in [3.8, 4) is 0 Å². The summed E-state index contributed by atoms with van der Waals surface area (Å²) in [5, 5.41) is 0.472. The monoisotopic (exact) mass is 318 g/mol. The van der Waals surface area contributed by atoms with E-state index in [0.717, 1.165) is 11.1 Å². The third-order valence-electron chi connectivity index (χ3n) is 3.24. The van der Waals surface area contributed by atoms with Gasteiger partial charge >= 0.3 is 0 Å². The molecule has 3 nitrogen and oxygen atoms in total. The van der Waals surface area contributed by atoms with Crippen LogP contribution in [0.15, 0.2) is 42.5 Å². The maximum absolute atomic E-state index is 12.6. The topological polar surface area (TPSA) is 46.3 Å². The van der Waals surface area contributed by atoms with Crippen LogP contribution in [0.4, 0.5) is 5.69 Å². The molecule has 0 unspecified atom stereocenters. The van der Waals surface area contributed by atoms with Gasteiger partial charge in [0.25, 0.3) is 5.91 Å². The van der Waals surface area contributed by atoms with Crippen LogP contribution in [0.3, 0.4) is 0 Å². The van der Waals surface area contributed by atoms with E-state index in [-0.39, 0.29) is 5.91 Å². The smallest absolute Gasteiger partial charge is 0.259 e. The van der Waals surface area contributed by atoms with Crippen LogP contribution in [0.25, 0.3) is 0 Å². The number of anilines is 1. The fraction of sp³-hybridized carbons (Fsp3) is 0.125. The van der Waals surface area contributed by atoms with E-state index in [1.807, 2.05) is 37.3 Å². The van der Waals surface area contributed by atoms with Crippen LogP contribution in [0.1, 0.15) is 21.5 Å². The molecule has 0 atom stereocenters. The largest absolute Gasteiger partial charge is 0.389 e.